The van der Waals surface area contributed by atoms with E-state index in [1.54, 1.807) is 0 Å². The van der Waals surface area contributed by atoms with Crippen LogP contribution in [-0.2, 0) is 14.3 Å². The van der Waals surface area contributed by atoms with Gasteiger partial charge in [0, 0.05) is 6.04 Å². The van der Waals surface area contributed by atoms with Gasteiger partial charge in [0.1, 0.15) is 6.54 Å². The number of rotatable bonds is 3. The Balaban J connectivity index is 2.31. The Bertz CT molecular complexity index is 230. The fourth-order valence-corrected chi connectivity index (χ4v) is 1.58. The van der Waals surface area contributed by atoms with Gasteiger partial charge in [0.2, 0.25) is 5.91 Å². The molecule has 0 aromatic heterocycles. The van der Waals surface area contributed by atoms with Gasteiger partial charge in [-0.2, -0.15) is 0 Å². The fraction of sp³-hybridized carbons (Fsp3) is 0.778. The molecule has 1 aliphatic rings. The quantitative estimate of drug-likeness (QED) is 0.590. The molecule has 80 valence electrons. The van der Waals surface area contributed by atoms with Crippen LogP contribution in [0.1, 0.15) is 13.3 Å². The van der Waals surface area contributed by atoms with E-state index in [9.17, 15) is 9.59 Å². The molecule has 1 saturated heterocycles. The maximum absolute atomic E-state index is 11.5. The second-order valence-corrected chi connectivity index (χ2v) is 3.43. The number of methoxy groups -OCH3 is 1. The van der Waals surface area contributed by atoms with Crippen LogP contribution in [0.3, 0.4) is 0 Å². The lowest BCUT2D eigenvalue weighted by atomic mass is 10.0. The summed E-state index contributed by atoms with van der Waals surface area (Å²) < 4.78 is 4.42. The highest BCUT2D eigenvalue weighted by Gasteiger charge is 2.29. The predicted octanol–water partition coefficient (Wildman–Crippen LogP) is -0.726. The van der Waals surface area contributed by atoms with Crippen LogP contribution in [0.15, 0.2) is 0 Å². The zero-order chi connectivity index (χ0) is 10.6. The standard InChI is InChI=1S/C9H16N2O3/c1-6-7(3-4-10-6)9(13)11-5-8(12)14-2/h6-7,10H,3-5H2,1-2H3,(H,11,13). The largest absolute Gasteiger partial charge is 0.468 e. The van der Waals surface area contributed by atoms with Gasteiger partial charge in [-0.3, -0.25) is 9.59 Å². The predicted molar refractivity (Wildman–Crippen MR) is 50.6 cm³/mol. The van der Waals surface area contributed by atoms with Gasteiger partial charge in [-0.15, -0.1) is 0 Å². The molecule has 0 aromatic carbocycles. The third kappa shape index (κ3) is 2.70. The number of hydrogen-bond donors (Lipinski definition) is 2. The van der Waals surface area contributed by atoms with Crippen LogP contribution < -0.4 is 10.6 Å². The highest BCUT2D eigenvalue weighted by Crippen LogP contribution is 2.14. The number of carbonyl (C=O) groups excluding carboxylic acids is 2. The van der Waals surface area contributed by atoms with E-state index in [-0.39, 0.29) is 24.4 Å². The van der Waals surface area contributed by atoms with E-state index in [2.05, 4.69) is 15.4 Å². The van der Waals surface area contributed by atoms with Crippen LogP contribution >= 0.6 is 0 Å². The first-order valence-electron chi connectivity index (χ1n) is 4.73. The molecule has 2 atom stereocenters. The van der Waals surface area contributed by atoms with Crippen molar-refractivity contribution >= 4 is 11.9 Å². The number of esters is 1. The molecule has 5 nitrogen and oxygen atoms in total. The third-order valence-electron chi connectivity index (χ3n) is 2.50. The van der Waals surface area contributed by atoms with E-state index >= 15 is 0 Å². The molecule has 2 N–H and O–H groups in total. The fourth-order valence-electron chi connectivity index (χ4n) is 1.58. The molecule has 1 amide bonds. The molecule has 0 bridgehead atoms. The number of ether oxygens (including phenoxy) is 1. The monoisotopic (exact) mass is 200 g/mol. The van der Waals surface area contributed by atoms with Gasteiger partial charge in [-0.05, 0) is 19.9 Å². The van der Waals surface area contributed by atoms with Crippen LogP contribution in [-0.4, -0.2) is 38.1 Å². The average Bonchev–Trinajstić information content (AvgIpc) is 2.60. The van der Waals surface area contributed by atoms with Crippen molar-refractivity contribution in [3.05, 3.63) is 0 Å². The number of carbonyl (C=O) groups is 2. The minimum absolute atomic E-state index is 0.0281. The minimum atomic E-state index is -0.419. The molecule has 1 fully saturated rings. The summed E-state index contributed by atoms with van der Waals surface area (Å²) in [5.74, 6) is -0.524. The van der Waals surface area contributed by atoms with Crippen molar-refractivity contribution in [1.82, 2.24) is 10.6 Å². The Morgan fingerprint density at radius 3 is 2.79 bits per heavy atom. The molecular weight excluding hydrogens is 184 g/mol. The minimum Gasteiger partial charge on any atom is -0.468 e. The topological polar surface area (TPSA) is 67.4 Å². The first kappa shape index (κ1) is 11.0. The SMILES string of the molecule is COC(=O)CNC(=O)C1CCNC1C. The van der Waals surface area contributed by atoms with E-state index in [1.807, 2.05) is 6.92 Å². The maximum atomic E-state index is 11.5. The Morgan fingerprint density at radius 1 is 1.57 bits per heavy atom. The lowest BCUT2D eigenvalue weighted by Crippen LogP contribution is -2.39. The smallest absolute Gasteiger partial charge is 0.325 e. The summed E-state index contributed by atoms with van der Waals surface area (Å²) >= 11 is 0. The Kier molecular flexibility index (Phi) is 3.88. The number of hydrogen-bond acceptors (Lipinski definition) is 4. The van der Waals surface area contributed by atoms with Crippen LogP contribution in [0, 0.1) is 5.92 Å². The van der Waals surface area contributed by atoms with Crippen molar-refractivity contribution in [2.45, 2.75) is 19.4 Å². The van der Waals surface area contributed by atoms with E-state index < -0.39 is 5.97 Å². The van der Waals surface area contributed by atoms with Crippen molar-refractivity contribution in [3.63, 3.8) is 0 Å². The molecule has 0 spiro atoms. The lowest BCUT2D eigenvalue weighted by Gasteiger charge is -2.13. The van der Waals surface area contributed by atoms with Crippen LogP contribution in [0.4, 0.5) is 0 Å². The lowest BCUT2D eigenvalue weighted by molar-refractivity contribution is -0.141. The zero-order valence-corrected chi connectivity index (χ0v) is 8.50. The average molecular weight is 200 g/mol. The van der Waals surface area contributed by atoms with E-state index in [0.29, 0.717) is 0 Å². The van der Waals surface area contributed by atoms with Gasteiger partial charge in [0.15, 0.2) is 0 Å². The zero-order valence-electron chi connectivity index (χ0n) is 8.50. The van der Waals surface area contributed by atoms with Crippen molar-refractivity contribution in [2.75, 3.05) is 20.2 Å². The summed E-state index contributed by atoms with van der Waals surface area (Å²) in [6.45, 7) is 2.78. The molecule has 0 aromatic rings. The van der Waals surface area contributed by atoms with Gasteiger partial charge in [0.25, 0.3) is 0 Å². The molecule has 0 radical (unpaired) electrons. The molecule has 1 rings (SSSR count). The van der Waals surface area contributed by atoms with Crippen molar-refractivity contribution in [3.8, 4) is 0 Å². The van der Waals surface area contributed by atoms with Crippen LogP contribution in [0.25, 0.3) is 0 Å². The Hall–Kier alpha value is -1.10. The maximum Gasteiger partial charge on any atom is 0.325 e. The Morgan fingerprint density at radius 2 is 2.29 bits per heavy atom. The first-order chi connectivity index (χ1) is 6.65. The first-order valence-corrected chi connectivity index (χ1v) is 4.73. The van der Waals surface area contributed by atoms with Crippen molar-refractivity contribution in [2.24, 2.45) is 5.92 Å². The summed E-state index contributed by atoms with van der Waals surface area (Å²) in [7, 11) is 1.30. The summed E-state index contributed by atoms with van der Waals surface area (Å²) in [4.78, 5) is 22.3. The van der Waals surface area contributed by atoms with Crippen LogP contribution in [0.5, 0.6) is 0 Å². The van der Waals surface area contributed by atoms with Crippen LogP contribution in [0.2, 0.25) is 0 Å². The van der Waals surface area contributed by atoms with Gasteiger partial charge < -0.3 is 15.4 Å². The molecule has 0 saturated carbocycles. The summed E-state index contributed by atoms with van der Waals surface area (Å²) in [6.07, 6.45) is 0.828. The second kappa shape index (κ2) is 4.95. The second-order valence-electron chi connectivity index (χ2n) is 3.43. The number of nitrogens with one attached hydrogen (secondary N) is 2. The van der Waals surface area contributed by atoms with Gasteiger partial charge in [-0.25, -0.2) is 0 Å². The molecule has 0 aliphatic carbocycles. The Labute approximate surface area is 83.2 Å². The van der Waals surface area contributed by atoms with Crippen molar-refractivity contribution < 1.29 is 14.3 Å². The van der Waals surface area contributed by atoms with Gasteiger partial charge in [0.05, 0.1) is 13.0 Å². The molecule has 14 heavy (non-hydrogen) atoms. The van der Waals surface area contributed by atoms with E-state index in [4.69, 9.17) is 0 Å². The van der Waals surface area contributed by atoms with E-state index in [1.165, 1.54) is 7.11 Å². The van der Waals surface area contributed by atoms with Crippen molar-refractivity contribution in [1.29, 1.82) is 0 Å². The highest BCUT2D eigenvalue weighted by atomic mass is 16.5. The molecule has 2 unspecified atom stereocenters. The highest BCUT2D eigenvalue weighted by molar-refractivity contribution is 5.84. The van der Waals surface area contributed by atoms with E-state index in [0.717, 1.165) is 13.0 Å². The molecule has 1 aliphatic heterocycles. The molecule has 5 heteroatoms. The summed E-state index contributed by atoms with van der Waals surface area (Å²) in [5.41, 5.74) is 0. The van der Waals surface area contributed by atoms with Gasteiger partial charge >= 0.3 is 5.97 Å². The number of amides is 1. The molecular formula is C9H16N2O3. The molecule has 1 heterocycles. The summed E-state index contributed by atoms with van der Waals surface area (Å²) in [6, 6.07) is 0.188. The summed E-state index contributed by atoms with van der Waals surface area (Å²) in [5, 5.41) is 5.73. The third-order valence-corrected chi connectivity index (χ3v) is 2.50. The van der Waals surface area contributed by atoms with Gasteiger partial charge in [-0.1, -0.05) is 0 Å². The normalized spacial score (nSPS) is 25.9.